The first-order chi connectivity index (χ1) is 7.64. The minimum atomic E-state index is -5.64. The van der Waals surface area contributed by atoms with Gasteiger partial charge in [-0.3, -0.25) is 0 Å². The predicted octanol–water partition coefficient (Wildman–Crippen LogP) is -0.425. The van der Waals surface area contributed by atoms with Crippen molar-refractivity contribution in [2.24, 2.45) is 0 Å². The van der Waals surface area contributed by atoms with E-state index in [2.05, 4.69) is 12.2 Å². The van der Waals surface area contributed by atoms with Crippen LogP contribution in [-0.4, -0.2) is 11.2 Å². The molecule has 1 rings (SSSR count). The van der Waals surface area contributed by atoms with Gasteiger partial charge in [-0.25, -0.2) is 0 Å². The zero-order valence-corrected chi connectivity index (χ0v) is 12.0. The smallest absolute Gasteiger partial charge is 0.867 e. The van der Waals surface area contributed by atoms with Crippen molar-refractivity contribution in [3.05, 3.63) is 35.4 Å². The Bertz CT molecular complexity index is 415. The monoisotopic (exact) mass is 292 g/mol. The maximum absolute atomic E-state index is 12.8. The molecule has 0 aromatic heterocycles. The van der Waals surface area contributed by atoms with Crippen LogP contribution < -0.4 is 34.7 Å². The van der Waals surface area contributed by atoms with Crippen molar-refractivity contribution in [2.45, 2.75) is 18.5 Å². The number of rotatable bonds is 3. The second kappa shape index (κ2) is 6.27. The average Bonchev–Trinajstić information content (AvgIpc) is 2.15. The SMILES string of the molecule is [Na+].[O-]C(=S)Cc1ccc(C(F)(F)C(F)(F)F)cc1. The van der Waals surface area contributed by atoms with Gasteiger partial charge in [-0.15, -0.1) is 12.2 Å². The molecule has 0 spiro atoms. The normalized spacial score (nSPS) is 11.8. The van der Waals surface area contributed by atoms with E-state index in [-0.39, 0.29) is 36.0 Å². The summed E-state index contributed by atoms with van der Waals surface area (Å²) in [5.74, 6) is -4.90. The van der Waals surface area contributed by atoms with E-state index in [0.29, 0.717) is 17.7 Å². The molecule has 0 saturated heterocycles. The Balaban J connectivity index is 0.00000289. The third-order valence-electron chi connectivity index (χ3n) is 2.02. The average molecular weight is 292 g/mol. The standard InChI is InChI=1S/C10H7F5OS.Na/c11-9(12,10(13,14)15)7-3-1-6(2-4-7)5-8(16)17;/h1-4H,5H2,(H,16,17);/q;+1/p-1. The molecule has 18 heavy (non-hydrogen) atoms. The number of benzene rings is 1. The van der Waals surface area contributed by atoms with Gasteiger partial charge in [0, 0.05) is 5.56 Å². The largest absolute Gasteiger partial charge is 1.00 e. The molecule has 1 aromatic carbocycles. The number of thiocarbonyl (C=S) groups is 1. The van der Waals surface area contributed by atoms with Crippen molar-refractivity contribution in [1.29, 1.82) is 0 Å². The van der Waals surface area contributed by atoms with Crippen LogP contribution in [0.25, 0.3) is 0 Å². The van der Waals surface area contributed by atoms with Gasteiger partial charge < -0.3 is 5.11 Å². The van der Waals surface area contributed by atoms with E-state index in [1.54, 1.807) is 0 Å². The van der Waals surface area contributed by atoms with Crippen molar-refractivity contribution in [2.75, 3.05) is 0 Å². The molecule has 0 radical (unpaired) electrons. The first-order valence-electron chi connectivity index (χ1n) is 4.38. The van der Waals surface area contributed by atoms with E-state index >= 15 is 0 Å². The summed E-state index contributed by atoms with van der Waals surface area (Å²) in [5, 5.41) is 9.93. The van der Waals surface area contributed by atoms with Crippen LogP contribution in [0.2, 0.25) is 0 Å². The fourth-order valence-corrected chi connectivity index (χ4v) is 1.33. The molecular formula is C10H6F5NaOS. The Morgan fingerprint density at radius 3 is 1.83 bits per heavy atom. The second-order valence-electron chi connectivity index (χ2n) is 3.32. The molecule has 0 atom stereocenters. The predicted molar refractivity (Wildman–Crippen MR) is 52.7 cm³/mol. The Morgan fingerprint density at radius 1 is 1.06 bits per heavy atom. The first kappa shape index (κ1) is 17.8. The molecule has 8 heteroatoms. The molecule has 0 amide bonds. The summed E-state index contributed by atoms with van der Waals surface area (Å²) >= 11 is 4.26. The summed E-state index contributed by atoms with van der Waals surface area (Å²) in [6.07, 6.45) is -5.81. The summed E-state index contributed by atoms with van der Waals surface area (Å²) in [5.41, 5.74) is -0.864. The summed E-state index contributed by atoms with van der Waals surface area (Å²) in [6.45, 7) is 0. The number of alkyl halides is 5. The van der Waals surface area contributed by atoms with Gasteiger partial charge in [0.25, 0.3) is 0 Å². The van der Waals surface area contributed by atoms with Gasteiger partial charge >= 0.3 is 41.7 Å². The fourth-order valence-electron chi connectivity index (χ4n) is 1.16. The molecule has 94 valence electrons. The fraction of sp³-hybridized carbons (Fsp3) is 0.300. The molecule has 0 heterocycles. The summed E-state index contributed by atoms with van der Waals surface area (Å²) in [4.78, 5) is 0. The number of hydrogen-bond acceptors (Lipinski definition) is 2. The van der Waals surface area contributed by atoms with Crippen LogP contribution >= 0.6 is 12.2 Å². The van der Waals surface area contributed by atoms with Gasteiger partial charge in [0.15, 0.2) is 0 Å². The van der Waals surface area contributed by atoms with E-state index in [1.807, 2.05) is 0 Å². The van der Waals surface area contributed by atoms with E-state index < -0.39 is 22.7 Å². The molecule has 0 saturated carbocycles. The van der Waals surface area contributed by atoms with Gasteiger partial charge in [0.2, 0.25) is 0 Å². The van der Waals surface area contributed by atoms with E-state index in [0.717, 1.165) is 12.1 Å². The van der Waals surface area contributed by atoms with Gasteiger partial charge in [-0.05, 0) is 12.0 Å². The zero-order valence-electron chi connectivity index (χ0n) is 9.22. The Morgan fingerprint density at radius 2 is 1.50 bits per heavy atom. The molecule has 0 fully saturated rings. The molecule has 1 nitrogen and oxygen atoms in total. The quantitative estimate of drug-likeness (QED) is 0.429. The third-order valence-corrected chi connectivity index (χ3v) is 2.17. The molecular weight excluding hydrogens is 286 g/mol. The Kier molecular flexibility index (Phi) is 6.19. The molecule has 0 aliphatic heterocycles. The minimum Gasteiger partial charge on any atom is -0.867 e. The van der Waals surface area contributed by atoms with Crippen molar-refractivity contribution in [1.82, 2.24) is 0 Å². The van der Waals surface area contributed by atoms with Gasteiger partial charge in [-0.1, -0.05) is 29.3 Å². The topological polar surface area (TPSA) is 23.1 Å². The van der Waals surface area contributed by atoms with Crippen LogP contribution in [0.3, 0.4) is 0 Å². The van der Waals surface area contributed by atoms with Crippen molar-refractivity contribution in [3.8, 4) is 0 Å². The summed E-state index contributed by atoms with van der Waals surface area (Å²) in [6, 6.07) is 3.33. The summed E-state index contributed by atoms with van der Waals surface area (Å²) < 4.78 is 61.7. The van der Waals surface area contributed by atoms with E-state index in [1.165, 1.54) is 0 Å². The summed E-state index contributed by atoms with van der Waals surface area (Å²) in [7, 11) is 0. The van der Waals surface area contributed by atoms with E-state index in [4.69, 9.17) is 0 Å². The zero-order chi connectivity index (χ0) is 13.3. The second-order valence-corrected chi connectivity index (χ2v) is 3.77. The minimum absolute atomic E-state index is 0. The Labute approximate surface area is 127 Å². The van der Waals surface area contributed by atoms with Crippen LogP contribution in [-0.2, 0) is 12.3 Å². The van der Waals surface area contributed by atoms with Crippen LogP contribution in [0.1, 0.15) is 11.1 Å². The van der Waals surface area contributed by atoms with Crippen molar-refractivity contribution >= 4 is 17.3 Å². The Hall–Kier alpha value is -0.240. The van der Waals surface area contributed by atoms with Crippen molar-refractivity contribution in [3.63, 3.8) is 0 Å². The molecule has 1 aromatic rings. The van der Waals surface area contributed by atoms with Crippen LogP contribution in [0.15, 0.2) is 24.3 Å². The number of halogens is 5. The van der Waals surface area contributed by atoms with Gasteiger partial charge in [-0.2, -0.15) is 22.0 Å². The maximum atomic E-state index is 12.8. The maximum Gasteiger partial charge on any atom is 1.00 e. The van der Waals surface area contributed by atoms with Crippen LogP contribution in [0.4, 0.5) is 22.0 Å². The van der Waals surface area contributed by atoms with Crippen LogP contribution in [0, 0.1) is 0 Å². The molecule has 0 unspecified atom stereocenters. The molecule has 0 N–H and O–H groups in total. The van der Waals surface area contributed by atoms with Gasteiger partial charge in [0.05, 0.1) is 0 Å². The first-order valence-corrected chi connectivity index (χ1v) is 4.79. The van der Waals surface area contributed by atoms with Gasteiger partial charge in [0.1, 0.15) is 0 Å². The molecule has 0 aliphatic carbocycles. The number of hydrogen-bond donors (Lipinski definition) is 0. The van der Waals surface area contributed by atoms with E-state index in [9.17, 15) is 27.1 Å². The van der Waals surface area contributed by atoms with Crippen molar-refractivity contribution < 1.29 is 56.6 Å². The molecule has 0 aliphatic rings. The van der Waals surface area contributed by atoms with Crippen LogP contribution in [0.5, 0.6) is 0 Å². The molecule has 0 bridgehead atoms. The third kappa shape index (κ3) is 4.15.